The summed E-state index contributed by atoms with van der Waals surface area (Å²) in [6.07, 6.45) is -3.24. The standard InChI is InChI=1S/C28H33F4N3O3/c1-17(2)24(33-25(37)21-14-19(28(30,31)32)6-9-23(21)29)26(38)35-12-10-27(11-13-35)16-34(3)15-22(27)18-4-7-20(36)8-5-18/h4-9,14,17,22,24,36H,10-13,15-16H2,1-3H3,(H,33,37)/t22?,24-/m1/s1. The second-order valence-corrected chi connectivity index (χ2v) is 10.9. The molecule has 6 nitrogen and oxygen atoms in total. The van der Waals surface area contributed by atoms with Crippen LogP contribution in [0.4, 0.5) is 17.6 Å². The molecule has 10 heteroatoms. The normalized spacial score (nSPS) is 20.6. The lowest BCUT2D eigenvalue weighted by atomic mass is 9.68. The van der Waals surface area contributed by atoms with Gasteiger partial charge in [0, 0.05) is 32.1 Å². The summed E-state index contributed by atoms with van der Waals surface area (Å²) in [4.78, 5) is 30.2. The number of phenolic OH excluding ortho intramolecular Hbond substituents is 1. The fraction of sp³-hybridized carbons (Fsp3) is 0.500. The van der Waals surface area contributed by atoms with E-state index in [2.05, 4.69) is 17.3 Å². The van der Waals surface area contributed by atoms with Crippen molar-refractivity contribution in [3.8, 4) is 5.75 Å². The number of nitrogens with zero attached hydrogens (tertiary/aromatic N) is 2. The lowest BCUT2D eigenvalue weighted by Gasteiger charge is -2.44. The molecule has 2 fully saturated rings. The molecule has 0 bridgehead atoms. The maximum atomic E-state index is 14.3. The van der Waals surface area contributed by atoms with Crippen LogP contribution in [0, 0.1) is 17.2 Å². The first-order chi connectivity index (χ1) is 17.8. The number of phenols is 1. The van der Waals surface area contributed by atoms with Crippen LogP contribution < -0.4 is 5.32 Å². The van der Waals surface area contributed by atoms with Crippen molar-refractivity contribution in [1.82, 2.24) is 15.1 Å². The molecule has 2 atom stereocenters. The Bertz CT molecular complexity index is 1170. The van der Waals surface area contributed by atoms with Crippen LogP contribution in [0.3, 0.4) is 0 Å². The SMILES string of the molecule is CC(C)[C@@H](NC(=O)c1cc(C(F)(F)F)ccc1F)C(=O)N1CCC2(CC1)CN(C)CC2c1ccc(O)cc1. The number of carbonyl (C=O) groups excluding carboxylic acids is 2. The van der Waals surface area contributed by atoms with Crippen molar-refractivity contribution < 1.29 is 32.3 Å². The number of alkyl halides is 3. The minimum absolute atomic E-state index is 0.0414. The van der Waals surface area contributed by atoms with Gasteiger partial charge in [0.1, 0.15) is 17.6 Å². The van der Waals surface area contributed by atoms with E-state index in [-0.39, 0.29) is 28.9 Å². The third-order valence-corrected chi connectivity index (χ3v) is 7.94. The van der Waals surface area contributed by atoms with E-state index in [4.69, 9.17) is 0 Å². The summed E-state index contributed by atoms with van der Waals surface area (Å²) < 4.78 is 53.6. The average molecular weight is 536 g/mol. The molecule has 2 aromatic rings. The van der Waals surface area contributed by atoms with E-state index in [9.17, 15) is 32.3 Å². The molecule has 0 aromatic heterocycles. The third-order valence-electron chi connectivity index (χ3n) is 7.94. The molecule has 1 unspecified atom stereocenters. The molecule has 2 aliphatic heterocycles. The van der Waals surface area contributed by atoms with Crippen molar-refractivity contribution in [3.05, 3.63) is 65.0 Å². The number of hydrogen-bond acceptors (Lipinski definition) is 4. The topological polar surface area (TPSA) is 72.9 Å². The molecule has 2 aliphatic rings. The number of piperidine rings is 1. The van der Waals surface area contributed by atoms with Crippen LogP contribution in [-0.4, -0.2) is 66.0 Å². The molecular weight excluding hydrogens is 502 g/mol. The van der Waals surface area contributed by atoms with Crippen molar-refractivity contribution in [1.29, 1.82) is 0 Å². The Morgan fingerprint density at radius 3 is 2.29 bits per heavy atom. The molecule has 38 heavy (non-hydrogen) atoms. The van der Waals surface area contributed by atoms with Gasteiger partial charge < -0.3 is 20.2 Å². The van der Waals surface area contributed by atoms with E-state index in [1.54, 1.807) is 30.9 Å². The summed E-state index contributed by atoms with van der Waals surface area (Å²) in [5.74, 6) is -2.38. The van der Waals surface area contributed by atoms with Crippen LogP contribution in [0.1, 0.15) is 54.1 Å². The highest BCUT2D eigenvalue weighted by atomic mass is 19.4. The maximum Gasteiger partial charge on any atom is 0.416 e. The number of halogens is 4. The van der Waals surface area contributed by atoms with E-state index in [0.29, 0.717) is 31.3 Å². The quantitative estimate of drug-likeness (QED) is 0.548. The predicted octanol–water partition coefficient (Wildman–Crippen LogP) is 4.64. The lowest BCUT2D eigenvalue weighted by molar-refractivity contribution is -0.138. The second-order valence-electron chi connectivity index (χ2n) is 10.9. The number of benzene rings is 2. The number of likely N-dealkylation sites (tertiary alicyclic amines) is 2. The number of amides is 2. The Morgan fingerprint density at radius 1 is 1.08 bits per heavy atom. The highest BCUT2D eigenvalue weighted by molar-refractivity contribution is 5.98. The van der Waals surface area contributed by atoms with Crippen LogP contribution in [0.25, 0.3) is 0 Å². The molecule has 2 heterocycles. The zero-order chi connectivity index (χ0) is 27.8. The van der Waals surface area contributed by atoms with Crippen LogP contribution in [0.2, 0.25) is 0 Å². The Balaban J connectivity index is 1.47. The number of likely N-dealkylation sites (N-methyl/N-ethyl adjacent to an activating group) is 1. The van der Waals surface area contributed by atoms with Crippen molar-refractivity contribution in [2.75, 3.05) is 33.2 Å². The van der Waals surface area contributed by atoms with Gasteiger partial charge >= 0.3 is 6.18 Å². The van der Waals surface area contributed by atoms with E-state index < -0.39 is 35.1 Å². The number of hydrogen-bond donors (Lipinski definition) is 2. The maximum absolute atomic E-state index is 14.3. The fourth-order valence-corrected chi connectivity index (χ4v) is 5.87. The number of rotatable bonds is 5. The van der Waals surface area contributed by atoms with E-state index in [0.717, 1.165) is 31.5 Å². The molecular formula is C28H33F4N3O3. The van der Waals surface area contributed by atoms with Crippen molar-refractivity contribution in [3.63, 3.8) is 0 Å². The first kappa shape index (κ1) is 27.9. The molecule has 0 aliphatic carbocycles. The largest absolute Gasteiger partial charge is 0.508 e. The van der Waals surface area contributed by atoms with Gasteiger partial charge in [-0.3, -0.25) is 9.59 Å². The molecule has 2 saturated heterocycles. The summed E-state index contributed by atoms with van der Waals surface area (Å²) in [7, 11) is 2.07. The molecule has 206 valence electrons. The highest BCUT2D eigenvalue weighted by Gasteiger charge is 2.48. The highest BCUT2D eigenvalue weighted by Crippen LogP contribution is 2.49. The summed E-state index contributed by atoms with van der Waals surface area (Å²) in [5, 5.41) is 12.2. The van der Waals surface area contributed by atoms with Crippen LogP contribution in [-0.2, 0) is 11.0 Å². The van der Waals surface area contributed by atoms with Gasteiger partial charge in [0.05, 0.1) is 11.1 Å². The Labute approximate surface area is 219 Å². The predicted molar refractivity (Wildman–Crippen MR) is 134 cm³/mol. The minimum Gasteiger partial charge on any atom is -0.508 e. The van der Waals surface area contributed by atoms with Crippen LogP contribution in [0.15, 0.2) is 42.5 Å². The first-order valence-electron chi connectivity index (χ1n) is 12.7. The Kier molecular flexibility index (Phi) is 7.74. The summed E-state index contributed by atoms with van der Waals surface area (Å²) in [6.45, 7) is 6.13. The number of aromatic hydroxyl groups is 1. The molecule has 4 rings (SSSR count). The number of carbonyl (C=O) groups is 2. The van der Waals surface area contributed by atoms with Crippen LogP contribution in [0.5, 0.6) is 5.75 Å². The smallest absolute Gasteiger partial charge is 0.416 e. The van der Waals surface area contributed by atoms with E-state index in [1.807, 2.05) is 12.1 Å². The third kappa shape index (κ3) is 5.65. The minimum atomic E-state index is -4.73. The molecule has 0 radical (unpaired) electrons. The van der Waals surface area contributed by atoms with E-state index in [1.165, 1.54) is 0 Å². The van der Waals surface area contributed by atoms with E-state index >= 15 is 0 Å². The second kappa shape index (κ2) is 10.6. The van der Waals surface area contributed by atoms with Crippen molar-refractivity contribution in [2.24, 2.45) is 11.3 Å². The molecule has 2 amide bonds. The van der Waals surface area contributed by atoms with Gasteiger partial charge in [-0.15, -0.1) is 0 Å². The zero-order valence-electron chi connectivity index (χ0n) is 21.7. The van der Waals surface area contributed by atoms with Gasteiger partial charge in [0.25, 0.3) is 5.91 Å². The van der Waals surface area contributed by atoms with Gasteiger partial charge in [-0.2, -0.15) is 13.2 Å². The summed E-state index contributed by atoms with van der Waals surface area (Å²) in [6, 6.07) is 7.89. The van der Waals surface area contributed by atoms with Crippen LogP contribution >= 0.6 is 0 Å². The zero-order valence-corrected chi connectivity index (χ0v) is 21.7. The molecule has 2 N–H and O–H groups in total. The Hall–Kier alpha value is -3.14. The number of nitrogens with one attached hydrogen (secondary N) is 1. The van der Waals surface area contributed by atoms with Crippen molar-refractivity contribution in [2.45, 2.75) is 44.8 Å². The van der Waals surface area contributed by atoms with Gasteiger partial charge in [0.2, 0.25) is 5.91 Å². The Morgan fingerprint density at radius 2 is 1.71 bits per heavy atom. The molecule has 0 saturated carbocycles. The first-order valence-corrected chi connectivity index (χ1v) is 12.7. The lowest BCUT2D eigenvalue weighted by Crippen LogP contribution is -2.54. The van der Waals surface area contributed by atoms with Gasteiger partial charge in [-0.1, -0.05) is 26.0 Å². The summed E-state index contributed by atoms with van der Waals surface area (Å²) in [5.41, 5.74) is -0.785. The summed E-state index contributed by atoms with van der Waals surface area (Å²) >= 11 is 0. The van der Waals surface area contributed by atoms with Crippen molar-refractivity contribution >= 4 is 11.8 Å². The van der Waals surface area contributed by atoms with Gasteiger partial charge in [-0.05, 0) is 67.1 Å². The van der Waals surface area contributed by atoms with Gasteiger partial charge in [0.15, 0.2) is 0 Å². The van der Waals surface area contributed by atoms with Gasteiger partial charge in [-0.25, -0.2) is 4.39 Å². The molecule has 1 spiro atoms. The molecule has 2 aromatic carbocycles. The fourth-order valence-electron chi connectivity index (χ4n) is 5.87. The average Bonchev–Trinajstić information content (AvgIpc) is 3.17. The monoisotopic (exact) mass is 535 g/mol.